The highest BCUT2D eigenvalue weighted by molar-refractivity contribution is 7.16. The summed E-state index contributed by atoms with van der Waals surface area (Å²) >= 11 is 2.90. The molecule has 0 unspecified atom stereocenters. The number of pyridine rings is 1. The minimum absolute atomic E-state index is 0.300. The van der Waals surface area contributed by atoms with Gasteiger partial charge in [0.1, 0.15) is 0 Å². The number of nitrogens with zero attached hydrogens (tertiary/aromatic N) is 2. The maximum absolute atomic E-state index is 11.8. The number of amides is 1. The molecule has 3 aromatic rings. The maximum Gasteiger partial charge on any atom is 0.340 e. The van der Waals surface area contributed by atoms with Crippen LogP contribution in [0.15, 0.2) is 47.4 Å². The first-order valence-electron chi connectivity index (χ1n) is 6.59. The van der Waals surface area contributed by atoms with E-state index in [1.54, 1.807) is 29.7 Å². The van der Waals surface area contributed by atoms with Crippen molar-refractivity contribution >= 4 is 39.7 Å². The Balaban J connectivity index is 1.53. The molecule has 0 radical (unpaired) electrons. The normalized spacial score (nSPS) is 10.3. The summed E-state index contributed by atoms with van der Waals surface area (Å²) in [5.41, 5.74) is 1.11. The number of rotatable bonds is 5. The minimum atomic E-state index is -0.591. The molecule has 0 spiro atoms. The standard InChI is InChI=1S/C15H11N3O3S2/c19-13(8-21-14(20)10-3-1-5-16-7-10)18-15-17-11(9-23-15)12-4-2-6-22-12/h1-7,9H,8H2,(H,17,18,19). The molecule has 23 heavy (non-hydrogen) atoms. The number of hydrogen-bond acceptors (Lipinski definition) is 7. The summed E-state index contributed by atoms with van der Waals surface area (Å²) in [7, 11) is 0. The van der Waals surface area contributed by atoms with Crippen molar-refractivity contribution in [1.29, 1.82) is 0 Å². The van der Waals surface area contributed by atoms with Gasteiger partial charge in [-0.05, 0) is 23.6 Å². The Labute approximate surface area is 139 Å². The third kappa shape index (κ3) is 3.99. The molecule has 0 aliphatic carbocycles. The van der Waals surface area contributed by atoms with Crippen LogP contribution in [-0.2, 0) is 9.53 Å². The minimum Gasteiger partial charge on any atom is -0.452 e. The topological polar surface area (TPSA) is 81.2 Å². The molecule has 0 aliphatic heterocycles. The number of esters is 1. The van der Waals surface area contributed by atoms with Gasteiger partial charge in [0.25, 0.3) is 5.91 Å². The van der Waals surface area contributed by atoms with Crippen LogP contribution < -0.4 is 5.32 Å². The van der Waals surface area contributed by atoms with Crippen LogP contribution in [0.2, 0.25) is 0 Å². The van der Waals surface area contributed by atoms with Crippen molar-refractivity contribution in [2.75, 3.05) is 11.9 Å². The molecule has 3 aromatic heterocycles. The molecule has 3 rings (SSSR count). The van der Waals surface area contributed by atoms with E-state index in [9.17, 15) is 9.59 Å². The SMILES string of the molecule is O=C(COC(=O)c1cccnc1)Nc1nc(-c2cccs2)cs1. The lowest BCUT2D eigenvalue weighted by Gasteiger charge is -2.04. The van der Waals surface area contributed by atoms with E-state index in [1.807, 2.05) is 22.9 Å². The summed E-state index contributed by atoms with van der Waals surface area (Å²) in [6, 6.07) is 7.09. The van der Waals surface area contributed by atoms with Crippen LogP contribution in [0.4, 0.5) is 5.13 Å². The highest BCUT2D eigenvalue weighted by atomic mass is 32.1. The van der Waals surface area contributed by atoms with Gasteiger partial charge in [-0.3, -0.25) is 15.1 Å². The predicted octanol–water partition coefficient (Wildman–Crippen LogP) is 3.06. The number of nitrogens with one attached hydrogen (secondary N) is 1. The molecule has 3 heterocycles. The number of thiazole rings is 1. The van der Waals surface area contributed by atoms with Crippen LogP contribution in [0.25, 0.3) is 10.6 Å². The fraction of sp³-hybridized carbons (Fsp3) is 0.0667. The van der Waals surface area contributed by atoms with E-state index >= 15 is 0 Å². The number of ether oxygens (including phenoxy) is 1. The van der Waals surface area contributed by atoms with E-state index in [1.165, 1.54) is 17.5 Å². The van der Waals surface area contributed by atoms with Crippen molar-refractivity contribution in [3.8, 4) is 10.6 Å². The quantitative estimate of drug-likeness (QED) is 0.719. The van der Waals surface area contributed by atoms with E-state index in [0.717, 1.165) is 10.6 Å². The van der Waals surface area contributed by atoms with Gasteiger partial charge < -0.3 is 4.74 Å². The van der Waals surface area contributed by atoms with Gasteiger partial charge >= 0.3 is 5.97 Å². The monoisotopic (exact) mass is 345 g/mol. The maximum atomic E-state index is 11.8. The number of carbonyl (C=O) groups excluding carboxylic acids is 2. The Kier molecular flexibility index (Phi) is 4.74. The van der Waals surface area contributed by atoms with Crippen LogP contribution in [0.3, 0.4) is 0 Å². The number of hydrogen-bond donors (Lipinski definition) is 1. The van der Waals surface area contributed by atoms with Gasteiger partial charge in [0.2, 0.25) is 0 Å². The van der Waals surface area contributed by atoms with Gasteiger partial charge in [-0.15, -0.1) is 22.7 Å². The molecule has 116 valence electrons. The van der Waals surface area contributed by atoms with E-state index in [2.05, 4.69) is 15.3 Å². The summed E-state index contributed by atoms with van der Waals surface area (Å²) in [6.45, 7) is -0.373. The van der Waals surface area contributed by atoms with Gasteiger partial charge in [0.05, 0.1) is 16.1 Å². The Morgan fingerprint density at radius 1 is 1.22 bits per heavy atom. The summed E-state index contributed by atoms with van der Waals surface area (Å²) in [5, 5.41) is 6.91. The van der Waals surface area contributed by atoms with Crippen molar-refractivity contribution in [2.24, 2.45) is 0 Å². The Morgan fingerprint density at radius 2 is 2.13 bits per heavy atom. The van der Waals surface area contributed by atoms with Crippen LogP contribution in [0, 0.1) is 0 Å². The van der Waals surface area contributed by atoms with Gasteiger partial charge in [-0.1, -0.05) is 6.07 Å². The van der Waals surface area contributed by atoms with Crippen LogP contribution in [-0.4, -0.2) is 28.5 Å². The molecular weight excluding hydrogens is 334 g/mol. The van der Waals surface area contributed by atoms with Crippen LogP contribution >= 0.6 is 22.7 Å². The second kappa shape index (κ2) is 7.12. The number of anilines is 1. The molecule has 0 atom stereocenters. The van der Waals surface area contributed by atoms with Crippen molar-refractivity contribution in [1.82, 2.24) is 9.97 Å². The summed E-state index contributed by atoms with van der Waals surface area (Å²) in [5.74, 6) is -1.03. The Bertz CT molecular complexity index is 801. The van der Waals surface area contributed by atoms with E-state index in [0.29, 0.717) is 10.7 Å². The van der Waals surface area contributed by atoms with Crippen LogP contribution in [0.5, 0.6) is 0 Å². The molecule has 8 heteroatoms. The van der Waals surface area contributed by atoms with Crippen molar-refractivity contribution in [3.63, 3.8) is 0 Å². The first kappa shape index (κ1) is 15.3. The van der Waals surface area contributed by atoms with Crippen molar-refractivity contribution in [3.05, 3.63) is 53.0 Å². The molecule has 0 aliphatic rings. The second-order valence-electron chi connectivity index (χ2n) is 4.38. The van der Waals surface area contributed by atoms with Gasteiger partial charge in [0.15, 0.2) is 11.7 Å². The fourth-order valence-corrected chi connectivity index (χ4v) is 3.21. The Hall–Kier alpha value is -2.58. The van der Waals surface area contributed by atoms with Gasteiger partial charge in [-0.25, -0.2) is 9.78 Å². The van der Waals surface area contributed by atoms with E-state index in [-0.39, 0.29) is 6.61 Å². The molecule has 0 saturated heterocycles. The lowest BCUT2D eigenvalue weighted by molar-refractivity contribution is -0.119. The molecule has 6 nitrogen and oxygen atoms in total. The third-order valence-electron chi connectivity index (χ3n) is 2.76. The molecule has 0 fully saturated rings. The molecule has 1 amide bonds. The lowest BCUT2D eigenvalue weighted by Crippen LogP contribution is -2.20. The number of thiophene rings is 1. The van der Waals surface area contributed by atoms with Crippen molar-refractivity contribution in [2.45, 2.75) is 0 Å². The third-order valence-corrected chi connectivity index (χ3v) is 4.41. The van der Waals surface area contributed by atoms with Gasteiger partial charge in [0, 0.05) is 17.8 Å². The zero-order valence-electron chi connectivity index (χ0n) is 11.8. The number of carbonyl (C=O) groups is 2. The van der Waals surface area contributed by atoms with Crippen molar-refractivity contribution < 1.29 is 14.3 Å². The summed E-state index contributed by atoms with van der Waals surface area (Å²) in [6.07, 6.45) is 2.94. The predicted molar refractivity (Wildman–Crippen MR) is 88.6 cm³/mol. The molecule has 1 N–H and O–H groups in total. The first-order chi connectivity index (χ1) is 11.2. The zero-order valence-corrected chi connectivity index (χ0v) is 13.4. The summed E-state index contributed by atoms with van der Waals surface area (Å²) in [4.78, 5) is 32.7. The summed E-state index contributed by atoms with van der Waals surface area (Å²) < 4.78 is 4.93. The first-order valence-corrected chi connectivity index (χ1v) is 8.35. The highest BCUT2D eigenvalue weighted by Crippen LogP contribution is 2.28. The molecular formula is C15H11N3O3S2. The molecule has 0 aromatic carbocycles. The van der Waals surface area contributed by atoms with Gasteiger partial charge in [-0.2, -0.15) is 0 Å². The van der Waals surface area contributed by atoms with Crippen LogP contribution in [0.1, 0.15) is 10.4 Å². The zero-order chi connectivity index (χ0) is 16.1. The average Bonchev–Trinajstić information content (AvgIpc) is 3.24. The van der Waals surface area contributed by atoms with E-state index in [4.69, 9.17) is 4.74 Å². The second-order valence-corrected chi connectivity index (χ2v) is 6.19. The fourth-order valence-electron chi connectivity index (χ4n) is 1.72. The number of aromatic nitrogens is 2. The highest BCUT2D eigenvalue weighted by Gasteiger charge is 2.12. The Morgan fingerprint density at radius 3 is 2.87 bits per heavy atom. The lowest BCUT2D eigenvalue weighted by atomic mass is 10.3. The molecule has 0 saturated carbocycles. The smallest absolute Gasteiger partial charge is 0.340 e. The largest absolute Gasteiger partial charge is 0.452 e. The van der Waals surface area contributed by atoms with E-state index < -0.39 is 11.9 Å². The molecule has 0 bridgehead atoms. The average molecular weight is 345 g/mol.